The van der Waals surface area contributed by atoms with Crippen LogP contribution in [0, 0.1) is 24.4 Å². The molecule has 0 N–H and O–H groups in total. The predicted molar refractivity (Wildman–Crippen MR) is 70.2 cm³/mol. The summed E-state index contributed by atoms with van der Waals surface area (Å²) in [5.41, 5.74) is 1.45. The highest BCUT2D eigenvalue weighted by Crippen LogP contribution is 2.36. The molecule has 5 heteroatoms. The molecular weight excluding hydrogens is 296 g/mol. The summed E-state index contributed by atoms with van der Waals surface area (Å²) < 4.78 is 39.3. The van der Waals surface area contributed by atoms with Crippen molar-refractivity contribution in [3.05, 3.63) is 69.5 Å². The molecule has 19 heavy (non-hydrogen) atoms. The maximum Gasteiger partial charge on any atom is 0.160 e. The van der Waals surface area contributed by atoms with Crippen molar-refractivity contribution in [3.63, 3.8) is 0 Å². The first kappa shape index (κ1) is 14.2. The summed E-state index contributed by atoms with van der Waals surface area (Å²) in [6.45, 7) is 1.68. The van der Waals surface area contributed by atoms with Crippen molar-refractivity contribution in [1.29, 1.82) is 0 Å². The molecule has 0 saturated heterocycles. The molecule has 1 unspecified atom stereocenters. The number of alkyl halides is 1. The maximum atomic E-state index is 13.2. The zero-order valence-corrected chi connectivity index (χ0v) is 11.4. The summed E-state index contributed by atoms with van der Waals surface area (Å²) in [6.07, 6.45) is 0. The van der Waals surface area contributed by atoms with Crippen molar-refractivity contribution in [3.8, 4) is 0 Å². The van der Waals surface area contributed by atoms with E-state index in [1.807, 2.05) is 0 Å². The zero-order valence-electron chi connectivity index (χ0n) is 9.85. The molecule has 0 heterocycles. The Morgan fingerprint density at radius 2 is 1.58 bits per heavy atom. The second-order valence-corrected chi connectivity index (χ2v) is 4.99. The highest BCUT2D eigenvalue weighted by atomic mass is 35.5. The van der Waals surface area contributed by atoms with Gasteiger partial charge in [-0.2, -0.15) is 0 Å². The average molecular weight is 305 g/mol. The van der Waals surface area contributed by atoms with Crippen LogP contribution in [0.2, 0.25) is 5.02 Å². The summed E-state index contributed by atoms with van der Waals surface area (Å²) in [4.78, 5) is 0. The Morgan fingerprint density at radius 3 is 2.21 bits per heavy atom. The average Bonchev–Trinajstić information content (AvgIpc) is 2.33. The molecule has 0 bridgehead atoms. The Bertz CT molecular complexity index is 626. The Hall–Kier alpha value is -1.19. The normalized spacial score (nSPS) is 12.5. The number of aryl methyl sites for hydroxylation is 1. The van der Waals surface area contributed by atoms with E-state index < -0.39 is 17.0 Å². The lowest BCUT2D eigenvalue weighted by atomic mass is 9.99. The van der Waals surface area contributed by atoms with Gasteiger partial charge in [0.05, 0.1) is 5.38 Å². The van der Waals surface area contributed by atoms with Gasteiger partial charge in [0.15, 0.2) is 11.6 Å². The first-order valence-electron chi connectivity index (χ1n) is 5.44. The molecule has 2 aromatic carbocycles. The van der Waals surface area contributed by atoms with E-state index in [4.69, 9.17) is 23.2 Å². The molecule has 0 aromatic heterocycles. The molecule has 0 spiro atoms. The second-order valence-electron chi connectivity index (χ2n) is 4.15. The van der Waals surface area contributed by atoms with Crippen LogP contribution >= 0.6 is 23.2 Å². The van der Waals surface area contributed by atoms with Crippen LogP contribution in [0.5, 0.6) is 0 Å². The standard InChI is InChI=1S/C14H9Cl2F3/c1-7-4-8(17)2-3-9(7)14(16)10-5-12(18)13(19)6-11(10)15/h2-6,14H,1H3. The Balaban J connectivity index is 2.49. The smallest absolute Gasteiger partial charge is 0.160 e. The van der Waals surface area contributed by atoms with E-state index in [0.717, 1.165) is 12.1 Å². The van der Waals surface area contributed by atoms with Gasteiger partial charge < -0.3 is 0 Å². The van der Waals surface area contributed by atoms with Crippen LogP contribution in [-0.4, -0.2) is 0 Å². The maximum absolute atomic E-state index is 13.2. The van der Waals surface area contributed by atoms with Crippen molar-refractivity contribution in [2.24, 2.45) is 0 Å². The fourth-order valence-electron chi connectivity index (χ4n) is 1.82. The van der Waals surface area contributed by atoms with E-state index >= 15 is 0 Å². The molecule has 0 nitrogen and oxygen atoms in total. The first-order valence-corrected chi connectivity index (χ1v) is 6.26. The SMILES string of the molecule is Cc1cc(F)ccc1C(Cl)c1cc(F)c(F)cc1Cl. The van der Waals surface area contributed by atoms with Crippen molar-refractivity contribution >= 4 is 23.2 Å². The zero-order chi connectivity index (χ0) is 14.2. The van der Waals surface area contributed by atoms with Crippen LogP contribution in [0.15, 0.2) is 30.3 Å². The van der Waals surface area contributed by atoms with Gasteiger partial charge in [0.1, 0.15) is 5.82 Å². The number of hydrogen-bond acceptors (Lipinski definition) is 0. The van der Waals surface area contributed by atoms with Gasteiger partial charge >= 0.3 is 0 Å². The molecular formula is C14H9Cl2F3. The Labute approximate surface area is 118 Å². The van der Waals surface area contributed by atoms with Gasteiger partial charge in [-0.05, 0) is 47.9 Å². The predicted octanol–water partition coefficient (Wildman–Crippen LogP) is 5.39. The molecule has 0 aliphatic rings. The van der Waals surface area contributed by atoms with Crippen LogP contribution < -0.4 is 0 Å². The summed E-state index contributed by atoms with van der Waals surface area (Å²) in [7, 11) is 0. The Morgan fingerprint density at radius 1 is 0.947 bits per heavy atom. The molecule has 2 rings (SSSR count). The molecule has 0 aliphatic heterocycles. The minimum atomic E-state index is -1.03. The summed E-state index contributed by atoms with van der Waals surface area (Å²) in [6, 6.07) is 5.91. The van der Waals surface area contributed by atoms with Gasteiger partial charge in [-0.1, -0.05) is 17.7 Å². The summed E-state index contributed by atoms with van der Waals surface area (Å²) in [5.74, 6) is -2.44. The van der Waals surface area contributed by atoms with Crippen LogP contribution in [-0.2, 0) is 0 Å². The van der Waals surface area contributed by atoms with E-state index in [1.165, 1.54) is 18.2 Å². The second kappa shape index (κ2) is 5.43. The number of rotatable bonds is 2. The number of halogens is 5. The quantitative estimate of drug-likeness (QED) is 0.515. The highest BCUT2D eigenvalue weighted by Gasteiger charge is 2.19. The van der Waals surface area contributed by atoms with Crippen LogP contribution in [0.25, 0.3) is 0 Å². The van der Waals surface area contributed by atoms with E-state index in [0.29, 0.717) is 11.1 Å². The lowest BCUT2D eigenvalue weighted by molar-refractivity contribution is 0.507. The van der Waals surface area contributed by atoms with Crippen LogP contribution in [0.3, 0.4) is 0 Å². The molecule has 0 fully saturated rings. The fourth-order valence-corrected chi connectivity index (χ4v) is 2.56. The highest BCUT2D eigenvalue weighted by molar-refractivity contribution is 6.33. The summed E-state index contributed by atoms with van der Waals surface area (Å²) >= 11 is 12.1. The van der Waals surface area contributed by atoms with Crippen LogP contribution in [0.4, 0.5) is 13.2 Å². The third-order valence-electron chi connectivity index (χ3n) is 2.82. The third-order valence-corrected chi connectivity index (χ3v) is 3.62. The monoisotopic (exact) mass is 304 g/mol. The minimum Gasteiger partial charge on any atom is -0.207 e. The molecule has 0 amide bonds. The van der Waals surface area contributed by atoms with Crippen molar-refractivity contribution in [2.45, 2.75) is 12.3 Å². The van der Waals surface area contributed by atoms with Crippen LogP contribution in [0.1, 0.15) is 22.1 Å². The van der Waals surface area contributed by atoms with E-state index in [1.54, 1.807) is 6.92 Å². The van der Waals surface area contributed by atoms with Gasteiger partial charge in [0, 0.05) is 5.02 Å². The topological polar surface area (TPSA) is 0 Å². The molecule has 100 valence electrons. The van der Waals surface area contributed by atoms with Gasteiger partial charge in [-0.15, -0.1) is 11.6 Å². The first-order chi connectivity index (χ1) is 8.90. The fraction of sp³-hybridized carbons (Fsp3) is 0.143. The van der Waals surface area contributed by atoms with Crippen molar-refractivity contribution in [2.75, 3.05) is 0 Å². The molecule has 1 atom stereocenters. The molecule has 0 aliphatic carbocycles. The summed E-state index contributed by atoms with van der Waals surface area (Å²) in [5, 5.41) is -0.745. The number of benzene rings is 2. The van der Waals surface area contributed by atoms with E-state index in [-0.39, 0.29) is 16.4 Å². The van der Waals surface area contributed by atoms with Crippen molar-refractivity contribution in [1.82, 2.24) is 0 Å². The minimum absolute atomic E-state index is 0.0302. The Kier molecular flexibility index (Phi) is 4.07. The lowest BCUT2D eigenvalue weighted by Gasteiger charge is -2.15. The van der Waals surface area contributed by atoms with Gasteiger partial charge in [0.2, 0.25) is 0 Å². The molecule has 2 aromatic rings. The largest absolute Gasteiger partial charge is 0.207 e. The third kappa shape index (κ3) is 2.88. The van der Waals surface area contributed by atoms with E-state index in [9.17, 15) is 13.2 Å². The van der Waals surface area contributed by atoms with Crippen molar-refractivity contribution < 1.29 is 13.2 Å². The van der Waals surface area contributed by atoms with Gasteiger partial charge in [-0.3, -0.25) is 0 Å². The molecule has 0 radical (unpaired) electrons. The molecule has 0 saturated carbocycles. The van der Waals surface area contributed by atoms with Gasteiger partial charge in [0.25, 0.3) is 0 Å². The van der Waals surface area contributed by atoms with Gasteiger partial charge in [-0.25, -0.2) is 13.2 Å². The lowest BCUT2D eigenvalue weighted by Crippen LogP contribution is -2.00. The van der Waals surface area contributed by atoms with E-state index in [2.05, 4.69) is 0 Å². The number of hydrogen-bond donors (Lipinski definition) is 0.